The van der Waals surface area contributed by atoms with E-state index in [0.717, 1.165) is 41.0 Å². The van der Waals surface area contributed by atoms with Gasteiger partial charge >= 0.3 is 0 Å². The van der Waals surface area contributed by atoms with Crippen LogP contribution < -0.4 is 10.1 Å². The minimum atomic E-state index is 0.492. The van der Waals surface area contributed by atoms with Gasteiger partial charge in [-0.25, -0.2) is 0 Å². The highest BCUT2D eigenvalue weighted by molar-refractivity contribution is 7.80. The van der Waals surface area contributed by atoms with Crippen LogP contribution in [0.3, 0.4) is 0 Å². The average molecular weight is 398 g/mol. The number of methoxy groups -OCH3 is 1. The predicted molar refractivity (Wildman–Crippen MR) is 118 cm³/mol. The van der Waals surface area contributed by atoms with E-state index in [1.807, 2.05) is 24.3 Å². The van der Waals surface area contributed by atoms with Gasteiger partial charge in [-0.1, -0.05) is 18.1 Å². The lowest BCUT2D eigenvalue weighted by Gasteiger charge is -2.55. The zero-order valence-corrected chi connectivity index (χ0v) is 17.6. The van der Waals surface area contributed by atoms with Crippen LogP contribution in [0.4, 0.5) is 5.69 Å². The monoisotopic (exact) mass is 397 g/mol. The Labute approximate surface area is 173 Å². The third-order valence-electron chi connectivity index (χ3n) is 7.26. The first-order chi connectivity index (χ1) is 13.7. The van der Waals surface area contributed by atoms with Crippen LogP contribution in [0.1, 0.15) is 38.5 Å². The molecule has 2 bridgehead atoms. The van der Waals surface area contributed by atoms with Crippen molar-refractivity contribution in [1.29, 1.82) is 0 Å². The Morgan fingerprint density at radius 1 is 1.14 bits per heavy atom. The number of ether oxygens (including phenoxy) is 1. The molecule has 1 aliphatic carbocycles. The van der Waals surface area contributed by atoms with Crippen molar-refractivity contribution in [2.24, 2.45) is 11.8 Å². The van der Waals surface area contributed by atoms with Gasteiger partial charge < -0.3 is 15.0 Å². The molecule has 150 valence electrons. The quantitative estimate of drug-likeness (QED) is 0.594. The summed E-state index contributed by atoms with van der Waals surface area (Å²) < 4.78 is 5.27. The Bertz CT molecular complexity index is 762. The van der Waals surface area contributed by atoms with Gasteiger partial charge in [-0.05, 0) is 87.0 Å². The molecule has 5 rings (SSSR count). The van der Waals surface area contributed by atoms with Crippen LogP contribution >= 0.6 is 12.2 Å². The fraction of sp³-hybridized carbons (Fsp3) is 0.609. The first kappa shape index (κ1) is 18.4. The predicted octanol–water partition coefficient (Wildman–Crippen LogP) is 4.29. The van der Waals surface area contributed by atoms with Crippen molar-refractivity contribution in [1.82, 2.24) is 9.80 Å². The Morgan fingerprint density at radius 3 is 2.82 bits per heavy atom. The molecule has 0 radical (unpaired) electrons. The minimum absolute atomic E-state index is 0.492. The number of likely N-dealkylation sites (tertiary alicyclic amines) is 1. The molecule has 3 saturated heterocycles. The average Bonchev–Trinajstić information content (AvgIpc) is 2.74. The van der Waals surface area contributed by atoms with E-state index in [2.05, 4.69) is 21.2 Å². The SMILES string of the molecule is COc1ccc(NC(=S)N2CCCC3=C[C@H]4C[C@@H](CN5CCCC[C@H]45)[C@@H]32)cc1. The first-order valence-corrected chi connectivity index (χ1v) is 11.3. The lowest BCUT2D eigenvalue weighted by Crippen LogP contribution is -2.60. The van der Waals surface area contributed by atoms with E-state index in [4.69, 9.17) is 17.0 Å². The minimum Gasteiger partial charge on any atom is -0.497 e. The number of anilines is 1. The van der Waals surface area contributed by atoms with Crippen molar-refractivity contribution >= 4 is 23.0 Å². The van der Waals surface area contributed by atoms with E-state index in [-0.39, 0.29) is 0 Å². The largest absolute Gasteiger partial charge is 0.497 e. The summed E-state index contributed by atoms with van der Waals surface area (Å²) in [6, 6.07) is 9.35. The summed E-state index contributed by atoms with van der Waals surface area (Å²) in [6.45, 7) is 3.61. The maximum Gasteiger partial charge on any atom is 0.173 e. The fourth-order valence-corrected chi connectivity index (χ4v) is 6.39. The van der Waals surface area contributed by atoms with Gasteiger partial charge in [-0.3, -0.25) is 4.90 Å². The van der Waals surface area contributed by atoms with Gasteiger partial charge in [0.2, 0.25) is 0 Å². The van der Waals surface area contributed by atoms with Crippen molar-refractivity contribution < 1.29 is 4.74 Å². The highest BCUT2D eigenvalue weighted by atomic mass is 32.1. The fourth-order valence-electron chi connectivity index (χ4n) is 6.07. The third kappa shape index (κ3) is 3.33. The first-order valence-electron chi connectivity index (χ1n) is 10.9. The summed E-state index contributed by atoms with van der Waals surface area (Å²) >= 11 is 5.89. The van der Waals surface area contributed by atoms with E-state index in [1.54, 1.807) is 12.7 Å². The lowest BCUT2D eigenvalue weighted by atomic mass is 9.68. The van der Waals surface area contributed by atoms with E-state index in [1.165, 1.54) is 51.6 Å². The molecule has 1 N–H and O–H groups in total. The number of fused-ring (bicyclic) bond motifs is 6. The van der Waals surface area contributed by atoms with Gasteiger partial charge in [-0.2, -0.15) is 0 Å². The molecule has 0 spiro atoms. The molecule has 0 amide bonds. The maximum absolute atomic E-state index is 5.89. The third-order valence-corrected chi connectivity index (χ3v) is 7.60. The van der Waals surface area contributed by atoms with Crippen LogP contribution in [0.25, 0.3) is 0 Å². The number of piperidine rings is 3. The number of nitrogens with zero attached hydrogens (tertiary/aromatic N) is 2. The Kier molecular flexibility index (Phi) is 5.06. The van der Waals surface area contributed by atoms with Gasteiger partial charge in [-0.15, -0.1) is 0 Å². The topological polar surface area (TPSA) is 27.7 Å². The summed E-state index contributed by atoms with van der Waals surface area (Å²) in [5, 5.41) is 4.36. The zero-order valence-electron chi connectivity index (χ0n) is 16.8. The molecule has 1 aromatic carbocycles. The van der Waals surface area contributed by atoms with Crippen molar-refractivity contribution in [3.05, 3.63) is 35.9 Å². The second-order valence-electron chi connectivity index (χ2n) is 8.86. The molecule has 5 heteroatoms. The molecule has 4 aliphatic rings. The van der Waals surface area contributed by atoms with Crippen molar-refractivity contribution in [3.63, 3.8) is 0 Å². The van der Waals surface area contributed by atoms with Crippen LogP contribution in [-0.2, 0) is 0 Å². The van der Waals surface area contributed by atoms with E-state index < -0.39 is 0 Å². The highest BCUT2D eigenvalue weighted by Gasteiger charge is 2.46. The molecule has 4 atom stereocenters. The number of hydrogen-bond donors (Lipinski definition) is 1. The molecule has 0 saturated carbocycles. The summed E-state index contributed by atoms with van der Waals surface area (Å²) in [5.41, 5.74) is 2.70. The number of thiocarbonyl (C=S) groups is 1. The summed E-state index contributed by atoms with van der Waals surface area (Å²) in [4.78, 5) is 5.28. The molecule has 1 aromatic rings. The Balaban J connectivity index is 1.35. The van der Waals surface area contributed by atoms with Gasteiger partial charge in [0.15, 0.2) is 5.11 Å². The van der Waals surface area contributed by atoms with Crippen LogP contribution in [0.2, 0.25) is 0 Å². The number of hydrogen-bond acceptors (Lipinski definition) is 3. The van der Waals surface area contributed by atoms with Gasteiger partial charge in [0.1, 0.15) is 5.75 Å². The molecule has 3 heterocycles. The van der Waals surface area contributed by atoms with E-state index >= 15 is 0 Å². The van der Waals surface area contributed by atoms with Crippen LogP contribution in [0.5, 0.6) is 5.75 Å². The Morgan fingerprint density at radius 2 is 2.00 bits per heavy atom. The summed E-state index contributed by atoms with van der Waals surface area (Å²) in [6.07, 6.45) is 10.7. The van der Waals surface area contributed by atoms with E-state index in [9.17, 15) is 0 Å². The zero-order chi connectivity index (χ0) is 19.1. The standard InChI is InChI=1S/C23H31N3OS/c1-27-20-9-7-19(8-10-20)24-23(28)26-12-4-5-16-13-17-14-18(22(16)26)15-25-11-3-2-6-21(17)25/h7-10,13,17-18,21-22H,2-6,11-12,14-15H2,1H3,(H,24,28)/t17-,18-,21+,22+/m0/s1. The second kappa shape index (κ2) is 7.68. The van der Waals surface area contributed by atoms with E-state index in [0.29, 0.717) is 6.04 Å². The van der Waals surface area contributed by atoms with Gasteiger partial charge in [0.25, 0.3) is 0 Å². The molecule has 0 unspecified atom stereocenters. The number of benzene rings is 1. The van der Waals surface area contributed by atoms with Crippen molar-refractivity contribution in [2.75, 3.05) is 32.1 Å². The number of rotatable bonds is 2. The molecule has 4 nitrogen and oxygen atoms in total. The maximum atomic E-state index is 5.89. The lowest BCUT2D eigenvalue weighted by molar-refractivity contribution is 0.0132. The van der Waals surface area contributed by atoms with Crippen LogP contribution in [0, 0.1) is 11.8 Å². The smallest absolute Gasteiger partial charge is 0.173 e. The van der Waals surface area contributed by atoms with Crippen molar-refractivity contribution in [2.45, 2.75) is 50.6 Å². The molecular formula is C23H31N3OS. The number of nitrogens with one attached hydrogen (secondary N) is 1. The second-order valence-corrected chi connectivity index (χ2v) is 9.25. The Hall–Kier alpha value is -1.59. The molecule has 0 aromatic heterocycles. The molecule has 3 fully saturated rings. The van der Waals surface area contributed by atoms with Gasteiger partial charge in [0, 0.05) is 24.8 Å². The molecule has 3 aliphatic heterocycles. The van der Waals surface area contributed by atoms with Crippen LogP contribution in [0.15, 0.2) is 35.9 Å². The molecular weight excluding hydrogens is 366 g/mol. The molecule has 28 heavy (non-hydrogen) atoms. The highest BCUT2D eigenvalue weighted by Crippen LogP contribution is 2.45. The normalized spacial score (nSPS) is 32.0. The van der Waals surface area contributed by atoms with Crippen molar-refractivity contribution in [3.8, 4) is 5.75 Å². The summed E-state index contributed by atoms with van der Waals surface area (Å²) in [5.74, 6) is 2.36. The van der Waals surface area contributed by atoms with Crippen LogP contribution in [-0.4, -0.2) is 53.7 Å². The van der Waals surface area contributed by atoms with Gasteiger partial charge in [0.05, 0.1) is 13.2 Å². The summed E-state index contributed by atoms with van der Waals surface area (Å²) in [7, 11) is 1.70.